The van der Waals surface area contributed by atoms with Crippen LogP contribution in [0.3, 0.4) is 0 Å². The van der Waals surface area contributed by atoms with Crippen molar-refractivity contribution in [2.24, 2.45) is 0 Å². The van der Waals surface area contributed by atoms with E-state index in [0.717, 1.165) is 33.4 Å². The number of hydrogen-bond donors (Lipinski definition) is 2. The number of benzene rings is 1. The first-order chi connectivity index (χ1) is 12.7. The van der Waals surface area contributed by atoms with Crippen LogP contribution in [0.2, 0.25) is 0 Å². The predicted octanol–water partition coefficient (Wildman–Crippen LogP) is 2.50. The van der Waals surface area contributed by atoms with Gasteiger partial charge in [-0.1, -0.05) is 0 Å². The standard InChI is InChI=1S/C21H18N4O/c1-14-8-11-23-18(12-14)25-19(16-5-2-9-22-13-16)17-7-6-15-4-3-10-24-20(15)21(17)26/h2-13,19,26H,1H3,(H,23,25)/p+3. The van der Waals surface area contributed by atoms with E-state index in [-0.39, 0.29) is 11.8 Å². The van der Waals surface area contributed by atoms with Crippen molar-refractivity contribution in [1.82, 2.24) is 0 Å². The monoisotopic (exact) mass is 345 g/mol. The molecular formula is C21H21N4O+3. The van der Waals surface area contributed by atoms with Gasteiger partial charge in [-0.3, -0.25) is 5.32 Å². The maximum atomic E-state index is 10.9. The van der Waals surface area contributed by atoms with Gasteiger partial charge in [-0.15, -0.1) is 0 Å². The van der Waals surface area contributed by atoms with E-state index < -0.39 is 0 Å². The fourth-order valence-corrected chi connectivity index (χ4v) is 3.18. The number of nitrogens with one attached hydrogen (secondary N) is 4. The van der Waals surface area contributed by atoms with Crippen LogP contribution in [0.15, 0.2) is 73.3 Å². The fourth-order valence-electron chi connectivity index (χ4n) is 3.18. The van der Waals surface area contributed by atoms with Gasteiger partial charge in [-0.05, 0) is 42.8 Å². The minimum atomic E-state index is -0.219. The van der Waals surface area contributed by atoms with E-state index in [1.54, 1.807) is 0 Å². The molecule has 0 aliphatic carbocycles. The third-order valence-corrected chi connectivity index (χ3v) is 4.47. The molecule has 5 N–H and O–H groups in total. The summed E-state index contributed by atoms with van der Waals surface area (Å²) in [5.41, 5.74) is 3.70. The van der Waals surface area contributed by atoms with E-state index in [1.807, 2.05) is 80.2 Å². The third kappa shape index (κ3) is 3.07. The largest absolute Gasteiger partial charge is 0.502 e. The molecule has 5 heteroatoms. The van der Waals surface area contributed by atoms with Crippen LogP contribution < -0.4 is 20.3 Å². The van der Waals surface area contributed by atoms with Crippen LogP contribution in [0.1, 0.15) is 22.7 Å². The van der Waals surface area contributed by atoms with Crippen LogP contribution in [-0.2, 0) is 0 Å². The summed E-state index contributed by atoms with van der Waals surface area (Å²) in [6, 6.07) is 15.7. The highest BCUT2D eigenvalue weighted by molar-refractivity contribution is 5.83. The lowest BCUT2D eigenvalue weighted by molar-refractivity contribution is -0.378. The first-order valence-electron chi connectivity index (χ1n) is 8.55. The lowest BCUT2D eigenvalue weighted by Crippen LogP contribution is -2.20. The number of rotatable bonds is 4. The number of anilines is 1. The molecule has 1 unspecified atom stereocenters. The molecule has 128 valence electrons. The zero-order chi connectivity index (χ0) is 17.9. The number of phenols is 1. The number of phenolic OH excluding ortho intramolecular Hbond substituents is 1. The topological polar surface area (TPSA) is 74.7 Å². The summed E-state index contributed by atoms with van der Waals surface area (Å²) in [5.74, 6) is 1.13. The van der Waals surface area contributed by atoms with Gasteiger partial charge in [0.25, 0.3) is 11.3 Å². The number of fused-ring (bicyclic) bond motifs is 1. The molecule has 4 rings (SSSR count). The third-order valence-electron chi connectivity index (χ3n) is 4.47. The normalized spacial score (nSPS) is 12.0. The van der Waals surface area contributed by atoms with Gasteiger partial charge in [-0.25, -0.2) is 15.0 Å². The molecule has 4 aromatic rings. The van der Waals surface area contributed by atoms with Gasteiger partial charge in [0.1, 0.15) is 0 Å². The zero-order valence-corrected chi connectivity index (χ0v) is 14.5. The van der Waals surface area contributed by atoms with E-state index in [4.69, 9.17) is 0 Å². The Balaban J connectivity index is 1.84. The van der Waals surface area contributed by atoms with Crippen molar-refractivity contribution in [3.63, 3.8) is 0 Å². The molecule has 0 spiro atoms. The summed E-state index contributed by atoms with van der Waals surface area (Å²) < 4.78 is 0. The summed E-state index contributed by atoms with van der Waals surface area (Å²) in [6.45, 7) is 2.05. The van der Waals surface area contributed by atoms with Gasteiger partial charge in [0.2, 0.25) is 0 Å². The van der Waals surface area contributed by atoms with Crippen LogP contribution in [0.25, 0.3) is 10.9 Å². The smallest absolute Gasteiger partial charge is 0.273 e. The number of hydrogen-bond acceptors (Lipinski definition) is 2. The first kappa shape index (κ1) is 16.0. The Morgan fingerprint density at radius 2 is 1.85 bits per heavy atom. The van der Waals surface area contributed by atoms with Gasteiger partial charge in [0.05, 0.1) is 17.1 Å². The highest BCUT2D eigenvalue weighted by Gasteiger charge is 2.26. The Morgan fingerprint density at radius 1 is 0.962 bits per heavy atom. The van der Waals surface area contributed by atoms with Gasteiger partial charge in [-0.2, -0.15) is 0 Å². The Hall–Kier alpha value is -3.47. The van der Waals surface area contributed by atoms with Crippen molar-refractivity contribution >= 4 is 16.7 Å². The molecule has 0 saturated carbocycles. The highest BCUT2D eigenvalue weighted by atomic mass is 16.3. The van der Waals surface area contributed by atoms with Crippen molar-refractivity contribution in [3.05, 3.63) is 90.0 Å². The number of H-pyrrole nitrogens is 3. The Morgan fingerprint density at radius 3 is 2.65 bits per heavy atom. The Bertz CT molecular complexity index is 1050. The second kappa shape index (κ2) is 6.80. The average Bonchev–Trinajstić information content (AvgIpc) is 2.68. The van der Waals surface area contributed by atoms with Crippen molar-refractivity contribution in [2.75, 3.05) is 5.32 Å². The molecule has 3 aromatic heterocycles. The Labute approximate surface area is 151 Å². The van der Waals surface area contributed by atoms with Gasteiger partial charge < -0.3 is 5.11 Å². The van der Waals surface area contributed by atoms with E-state index in [1.165, 1.54) is 0 Å². The molecule has 1 aromatic carbocycles. The average molecular weight is 345 g/mol. The number of aromatic nitrogens is 3. The SMILES string of the molecule is Cc1cc[nH+]c(NC(c2ccc[nH+]c2)c2ccc3ccc[nH+]c3c2O)c1. The van der Waals surface area contributed by atoms with Crippen molar-refractivity contribution in [2.45, 2.75) is 13.0 Å². The first-order valence-corrected chi connectivity index (χ1v) is 8.55. The summed E-state index contributed by atoms with van der Waals surface area (Å²) in [5, 5.41) is 15.4. The molecule has 0 fully saturated rings. The molecule has 26 heavy (non-hydrogen) atoms. The molecule has 0 amide bonds. The summed E-state index contributed by atoms with van der Waals surface area (Å²) in [7, 11) is 0. The molecule has 3 heterocycles. The Kier molecular flexibility index (Phi) is 4.19. The number of aryl methyl sites for hydroxylation is 1. The summed E-state index contributed by atoms with van der Waals surface area (Å²) >= 11 is 0. The lowest BCUT2D eigenvalue weighted by Gasteiger charge is -2.15. The van der Waals surface area contributed by atoms with Crippen molar-refractivity contribution < 1.29 is 20.1 Å². The van der Waals surface area contributed by atoms with E-state index in [0.29, 0.717) is 0 Å². The number of aromatic hydroxyl groups is 1. The molecular weight excluding hydrogens is 324 g/mol. The molecule has 1 atom stereocenters. The number of aromatic amines is 3. The zero-order valence-electron chi connectivity index (χ0n) is 14.5. The predicted molar refractivity (Wildman–Crippen MR) is 98.4 cm³/mol. The van der Waals surface area contributed by atoms with E-state index in [2.05, 4.69) is 20.3 Å². The quantitative estimate of drug-likeness (QED) is 0.596. The molecule has 0 aliphatic rings. The van der Waals surface area contributed by atoms with Gasteiger partial charge >= 0.3 is 0 Å². The van der Waals surface area contributed by atoms with E-state index >= 15 is 0 Å². The second-order valence-corrected chi connectivity index (χ2v) is 6.33. The van der Waals surface area contributed by atoms with Crippen molar-refractivity contribution in [3.8, 4) is 5.75 Å². The molecule has 0 bridgehead atoms. The highest BCUT2D eigenvalue weighted by Crippen LogP contribution is 2.34. The number of pyridine rings is 3. The van der Waals surface area contributed by atoms with Crippen LogP contribution >= 0.6 is 0 Å². The van der Waals surface area contributed by atoms with Gasteiger partial charge in [0.15, 0.2) is 30.4 Å². The second-order valence-electron chi connectivity index (χ2n) is 6.33. The minimum absolute atomic E-state index is 0.219. The minimum Gasteiger partial charge on any atom is -0.502 e. The fraction of sp³-hybridized carbons (Fsp3) is 0.0952. The molecule has 0 aliphatic heterocycles. The van der Waals surface area contributed by atoms with Crippen LogP contribution in [0.5, 0.6) is 5.75 Å². The molecule has 0 radical (unpaired) electrons. The maximum absolute atomic E-state index is 10.9. The van der Waals surface area contributed by atoms with Crippen LogP contribution in [0, 0.1) is 6.92 Å². The van der Waals surface area contributed by atoms with E-state index in [9.17, 15) is 5.11 Å². The summed E-state index contributed by atoms with van der Waals surface area (Å²) in [6.07, 6.45) is 7.53. The lowest BCUT2D eigenvalue weighted by atomic mass is 9.97. The van der Waals surface area contributed by atoms with Crippen molar-refractivity contribution in [1.29, 1.82) is 0 Å². The van der Waals surface area contributed by atoms with Gasteiger partial charge in [0, 0.05) is 23.8 Å². The maximum Gasteiger partial charge on any atom is 0.273 e. The molecule has 5 nitrogen and oxygen atoms in total. The van der Waals surface area contributed by atoms with Crippen LogP contribution in [-0.4, -0.2) is 5.11 Å². The summed E-state index contributed by atoms with van der Waals surface area (Å²) in [4.78, 5) is 9.50. The van der Waals surface area contributed by atoms with Crippen LogP contribution in [0.4, 0.5) is 5.82 Å². The molecule has 0 saturated heterocycles.